The molecule has 0 fully saturated rings. The van der Waals surface area contributed by atoms with Crippen molar-refractivity contribution in [2.75, 3.05) is 23.7 Å². The van der Waals surface area contributed by atoms with E-state index in [2.05, 4.69) is 20.6 Å². The highest BCUT2D eigenvalue weighted by Crippen LogP contribution is 2.26. The molecule has 20 heavy (non-hydrogen) atoms. The zero-order valence-corrected chi connectivity index (χ0v) is 11.2. The smallest absolute Gasteiger partial charge is 0.271 e. The van der Waals surface area contributed by atoms with Crippen molar-refractivity contribution in [2.24, 2.45) is 0 Å². The average Bonchev–Trinajstić information content (AvgIpc) is 2.46. The Morgan fingerprint density at radius 3 is 2.55 bits per heavy atom. The minimum atomic E-state index is -0.482. The number of aromatic nitrogens is 2. The summed E-state index contributed by atoms with van der Waals surface area (Å²) < 4.78 is 0. The van der Waals surface area contributed by atoms with Crippen molar-refractivity contribution in [3.63, 3.8) is 0 Å². The van der Waals surface area contributed by atoms with Crippen molar-refractivity contribution >= 4 is 28.9 Å². The maximum absolute atomic E-state index is 10.6. The Balaban J connectivity index is 1.84. The minimum absolute atomic E-state index is 0.0311. The number of nitrogens with zero attached hydrogens (tertiary/aromatic N) is 3. The van der Waals surface area contributed by atoms with Crippen LogP contribution >= 0.6 is 11.6 Å². The molecule has 2 N–H and O–H groups in total. The van der Waals surface area contributed by atoms with Gasteiger partial charge in [0.25, 0.3) is 5.69 Å². The fourth-order valence-electron chi connectivity index (χ4n) is 1.52. The second-order valence-electron chi connectivity index (χ2n) is 3.85. The maximum atomic E-state index is 10.6. The molecule has 1 heterocycles. The molecule has 1 aromatic carbocycles. The van der Waals surface area contributed by atoms with Crippen LogP contribution in [0.3, 0.4) is 0 Å². The Bertz CT molecular complexity index is 594. The zero-order valence-electron chi connectivity index (χ0n) is 10.4. The summed E-state index contributed by atoms with van der Waals surface area (Å²) in [5, 5.41) is 17.0. The second-order valence-corrected chi connectivity index (χ2v) is 4.25. The summed E-state index contributed by atoms with van der Waals surface area (Å²) in [6.07, 6.45) is 3.30. The first-order valence-electron chi connectivity index (χ1n) is 5.85. The monoisotopic (exact) mass is 293 g/mol. The zero-order chi connectivity index (χ0) is 14.4. The van der Waals surface area contributed by atoms with Gasteiger partial charge in [-0.25, -0.2) is 9.97 Å². The van der Waals surface area contributed by atoms with Gasteiger partial charge in [-0.05, 0) is 12.1 Å². The van der Waals surface area contributed by atoms with Gasteiger partial charge in [0.05, 0.1) is 15.6 Å². The third-order valence-electron chi connectivity index (χ3n) is 2.45. The topological polar surface area (TPSA) is 93.0 Å². The molecule has 2 aromatic rings. The van der Waals surface area contributed by atoms with Gasteiger partial charge in [0.2, 0.25) is 5.95 Å². The standard InChI is InChI=1S/C12H12ClN5O2/c13-10-8-9(18(19)20)2-3-11(10)14-6-7-17-12-15-4-1-5-16-12/h1-5,8,14H,6-7H2,(H,15,16,17). The molecule has 0 saturated carbocycles. The first-order chi connectivity index (χ1) is 9.66. The van der Waals surface area contributed by atoms with Crippen LogP contribution in [0.1, 0.15) is 0 Å². The van der Waals surface area contributed by atoms with Crippen molar-refractivity contribution in [1.29, 1.82) is 0 Å². The van der Waals surface area contributed by atoms with E-state index in [1.54, 1.807) is 24.5 Å². The van der Waals surface area contributed by atoms with Crippen molar-refractivity contribution < 1.29 is 4.92 Å². The lowest BCUT2D eigenvalue weighted by Crippen LogP contribution is -2.15. The van der Waals surface area contributed by atoms with E-state index in [1.807, 2.05) is 0 Å². The highest BCUT2D eigenvalue weighted by Gasteiger charge is 2.08. The number of hydrogen-bond acceptors (Lipinski definition) is 6. The van der Waals surface area contributed by atoms with Gasteiger partial charge >= 0.3 is 0 Å². The van der Waals surface area contributed by atoms with Crippen LogP contribution in [0, 0.1) is 10.1 Å². The molecular formula is C12H12ClN5O2. The molecule has 2 rings (SSSR count). The normalized spacial score (nSPS) is 10.1. The van der Waals surface area contributed by atoms with E-state index < -0.39 is 4.92 Å². The Hall–Kier alpha value is -2.41. The molecule has 0 aliphatic carbocycles. The van der Waals surface area contributed by atoms with Gasteiger partial charge in [-0.1, -0.05) is 11.6 Å². The summed E-state index contributed by atoms with van der Waals surface area (Å²) >= 11 is 5.96. The number of non-ortho nitro benzene ring substituents is 1. The van der Waals surface area contributed by atoms with Crippen LogP contribution in [0.25, 0.3) is 0 Å². The van der Waals surface area contributed by atoms with Crippen molar-refractivity contribution in [3.8, 4) is 0 Å². The first-order valence-corrected chi connectivity index (χ1v) is 6.23. The van der Waals surface area contributed by atoms with Gasteiger partial charge in [-0.3, -0.25) is 10.1 Å². The predicted octanol–water partition coefficient (Wildman–Crippen LogP) is 2.56. The van der Waals surface area contributed by atoms with E-state index in [0.717, 1.165) is 0 Å². The number of nitro benzene ring substituents is 1. The van der Waals surface area contributed by atoms with E-state index >= 15 is 0 Å². The molecule has 1 aromatic heterocycles. The summed E-state index contributed by atoms with van der Waals surface area (Å²) in [7, 11) is 0. The molecule has 7 nitrogen and oxygen atoms in total. The van der Waals surface area contributed by atoms with Crippen molar-refractivity contribution in [2.45, 2.75) is 0 Å². The number of nitrogens with one attached hydrogen (secondary N) is 2. The number of nitro groups is 1. The molecule has 0 amide bonds. The summed E-state index contributed by atoms with van der Waals surface area (Å²) in [5.74, 6) is 0.545. The van der Waals surface area contributed by atoms with E-state index in [4.69, 9.17) is 11.6 Å². The molecule has 8 heteroatoms. The van der Waals surface area contributed by atoms with Crippen LogP contribution in [-0.4, -0.2) is 28.0 Å². The van der Waals surface area contributed by atoms with Crippen LogP contribution in [-0.2, 0) is 0 Å². The molecule has 0 bridgehead atoms. The second kappa shape index (κ2) is 6.67. The number of rotatable bonds is 6. The lowest BCUT2D eigenvalue weighted by Gasteiger charge is -2.09. The fourth-order valence-corrected chi connectivity index (χ4v) is 1.76. The molecule has 104 valence electrons. The van der Waals surface area contributed by atoms with Crippen LogP contribution < -0.4 is 10.6 Å². The van der Waals surface area contributed by atoms with Gasteiger partial charge in [0.1, 0.15) is 0 Å². The molecule has 0 unspecified atom stereocenters. The van der Waals surface area contributed by atoms with Gasteiger partial charge in [-0.15, -0.1) is 0 Å². The van der Waals surface area contributed by atoms with Gasteiger partial charge in [0.15, 0.2) is 0 Å². The molecule has 0 spiro atoms. The van der Waals surface area contributed by atoms with Crippen LogP contribution in [0.5, 0.6) is 0 Å². The molecule has 0 atom stereocenters. The molecule has 0 aliphatic rings. The van der Waals surface area contributed by atoms with E-state index in [-0.39, 0.29) is 5.69 Å². The van der Waals surface area contributed by atoms with E-state index in [0.29, 0.717) is 29.7 Å². The van der Waals surface area contributed by atoms with Crippen molar-refractivity contribution in [1.82, 2.24) is 9.97 Å². The quantitative estimate of drug-likeness (QED) is 0.483. The van der Waals surface area contributed by atoms with Gasteiger partial charge in [0, 0.05) is 37.6 Å². The molecule has 0 saturated heterocycles. The Kier molecular flexibility index (Phi) is 4.67. The third kappa shape index (κ3) is 3.79. The van der Waals surface area contributed by atoms with Gasteiger partial charge in [-0.2, -0.15) is 0 Å². The molecule has 0 aliphatic heterocycles. The third-order valence-corrected chi connectivity index (χ3v) is 2.77. The molecular weight excluding hydrogens is 282 g/mol. The number of anilines is 2. The lowest BCUT2D eigenvalue weighted by atomic mass is 10.3. The largest absolute Gasteiger partial charge is 0.382 e. The van der Waals surface area contributed by atoms with Gasteiger partial charge < -0.3 is 10.6 Å². The highest BCUT2D eigenvalue weighted by molar-refractivity contribution is 6.33. The Morgan fingerprint density at radius 1 is 1.20 bits per heavy atom. The minimum Gasteiger partial charge on any atom is -0.382 e. The SMILES string of the molecule is O=[N+]([O-])c1ccc(NCCNc2ncccn2)c(Cl)c1. The predicted molar refractivity (Wildman–Crippen MR) is 77.1 cm³/mol. The average molecular weight is 294 g/mol. The number of benzene rings is 1. The Morgan fingerprint density at radius 2 is 1.90 bits per heavy atom. The van der Waals surface area contributed by atoms with E-state index in [9.17, 15) is 10.1 Å². The molecule has 0 radical (unpaired) electrons. The number of halogens is 1. The van der Waals surface area contributed by atoms with Crippen LogP contribution in [0.4, 0.5) is 17.3 Å². The summed E-state index contributed by atoms with van der Waals surface area (Å²) in [5.41, 5.74) is 0.615. The summed E-state index contributed by atoms with van der Waals surface area (Å²) in [6, 6.07) is 6.04. The van der Waals surface area contributed by atoms with Crippen LogP contribution in [0.15, 0.2) is 36.7 Å². The van der Waals surface area contributed by atoms with Crippen LogP contribution in [0.2, 0.25) is 5.02 Å². The first kappa shape index (κ1) is 14.0. The summed E-state index contributed by atoms with van der Waals surface area (Å²) in [4.78, 5) is 18.1. The summed E-state index contributed by atoms with van der Waals surface area (Å²) in [6.45, 7) is 1.17. The maximum Gasteiger partial charge on any atom is 0.271 e. The Labute approximate surface area is 120 Å². The highest BCUT2D eigenvalue weighted by atomic mass is 35.5. The fraction of sp³-hybridized carbons (Fsp3) is 0.167. The number of hydrogen-bond donors (Lipinski definition) is 2. The van der Waals surface area contributed by atoms with Crippen molar-refractivity contribution in [3.05, 3.63) is 51.8 Å². The lowest BCUT2D eigenvalue weighted by molar-refractivity contribution is -0.384. The van der Waals surface area contributed by atoms with E-state index in [1.165, 1.54) is 12.1 Å².